The zero-order chi connectivity index (χ0) is 13.0. The van der Waals surface area contributed by atoms with E-state index in [0.29, 0.717) is 11.4 Å². The Bertz CT molecular complexity index is 502. The van der Waals surface area contributed by atoms with Crippen LogP contribution in [-0.2, 0) is 6.42 Å². The van der Waals surface area contributed by atoms with Gasteiger partial charge in [0.25, 0.3) is 0 Å². The van der Waals surface area contributed by atoms with Crippen LogP contribution in [0.4, 0.5) is 4.39 Å². The molecule has 0 saturated heterocycles. The summed E-state index contributed by atoms with van der Waals surface area (Å²) < 4.78 is 13.2. The molecule has 2 aromatic rings. The number of hydrogen-bond donors (Lipinski definition) is 1. The quantitative estimate of drug-likeness (QED) is 0.903. The Morgan fingerprint density at radius 3 is 3.00 bits per heavy atom. The van der Waals surface area contributed by atoms with Crippen LogP contribution in [0.1, 0.15) is 24.2 Å². The minimum Gasteiger partial charge on any atom is -0.309 e. The number of rotatable bonds is 5. The average Bonchev–Trinajstić information content (AvgIpc) is 2.87. The summed E-state index contributed by atoms with van der Waals surface area (Å²) in [6.07, 6.45) is 0.633. The van der Waals surface area contributed by atoms with E-state index in [2.05, 4.69) is 10.3 Å². The van der Waals surface area contributed by atoms with Crippen LogP contribution in [-0.4, -0.2) is 11.5 Å². The normalized spacial score (nSPS) is 12.6. The number of thiazole rings is 1. The summed E-state index contributed by atoms with van der Waals surface area (Å²) in [6, 6.07) is 4.52. The van der Waals surface area contributed by atoms with E-state index in [-0.39, 0.29) is 11.9 Å². The first-order chi connectivity index (χ1) is 8.70. The summed E-state index contributed by atoms with van der Waals surface area (Å²) in [6.45, 7) is 2.86. The minimum absolute atomic E-state index is 0.0700. The molecule has 0 fully saturated rings. The van der Waals surface area contributed by atoms with Crippen molar-refractivity contribution in [2.45, 2.75) is 19.4 Å². The van der Waals surface area contributed by atoms with Crippen molar-refractivity contribution in [3.63, 3.8) is 0 Å². The Hall–Kier alpha value is -0.970. The molecule has 1 heterocycles. The van der Waals surface area contributed by atoms with Crippen molar-refractivity contribution in [3.8, 4) is 0 Å². The number of benzene rings is 1. The molecule has 1 aromatic heterocycles. The number of hydrogen-bond acceptors (Lipinski definition) is 3. The van der Waals surface area contributed by atoms with Crippen molar-refractivity contribution in [3.05, 3.63) is 51.2 Å². The molecular weight excluding hydrogens is 271 g/mol. The van der Waals surface area contributed by atoms with E-state index in [1.54, 1.807) is 22.9 Å². The van der Waals surface area contributed by atoms with Crippen LogP contribution in [0.25, 0.3) is 0 Å². The standard InChI is InChI=1S/C13H14ClFN2S/c1-2-16-12(13-7-18-8-17-13)6-9-5-10(15)3-4-11(9)14/h3-5,7-8,12,16H,2,6H2,1H3. The molecule has 0 amide bonds. The van der Waals surface area contributed by atoms with E-state index in [0.717, 1.165) is 17.8 Å². The fourth-order valence-corrected chi connectivity index (χ4v) is 2.64. The van der Waals surface area contributed by atoms with Gasteiger partial charge >= 0.3 is 0 Å². The van der Waals surface area contributed by atoms with Crippen molar-refractivity contribution in [1.29, 1.82) is 0 Å². The van der Waals surface area contributed by atoms with E-state index in [1.165, 1.54) is 12.1 Å². The van der Waals surface area contributed by atoms with Crippen molar-refractivity contribution in [2.75, 3.05) is 6.54 Å². The van der Waals surface area contributed by atoms with Crippen LogP contribution < -0.4 is 5.32 Å². The van der Waals surface area contributed by atoms with Gasteiger partial charge in [0.15, 0.2) is 0 Å². The highest BCUT2D eigenvalue weighted by atomic mass is 35.5. The maximum Gasteiger partial charge on any atom is 0.123 e. The van der Waals surface area contributed by atoms with E-state index < -0.39 is 0 Å². The molecule has 0 aliphatic carbocycles. The molecular formula is C13H14ClFN2S. The molecule has 0 saturated carbocycles. The van der Waals surface area contributed by atoms with Gasteiger partial charge in [-0.3, -0.25) is 0 Å². The van der Waals surface area contributed by atoms with Gasteiger partial charge in [-0.2, -0.15) is 0 Å². The number of nitrogens with one attached hydrogen (secondary N) is 1. The van der Waals surface area contributed by atoms with Crippen molar-refractivity contribution in [2.24, 2.45) is 0 Å². The minimum atomic E-state index is -0.261. The van der Waals surface area contributed by atoms with E-state index in [4.69, 9.17) is 11.6 Å². The van der Waals surface area contributed by atoms with Gasteiger partial charge in [-0.25, -0.2) is 9.37 Å². The number of aromatic nitrogens is 1. The average molecular weight is 285 g/mol. The Morgan fingerprint density at radius 1 is 1.50 bits per heavy atom. The Labute approximate surface area is 115 Å². The Morgan fingerprint density at radius 2 is 2.33 bits per heavy atom. The smallest absolute Gasteiger partial charge is 0.123 e. The molecule has 1 unspecified atom stereocenters. The first kappa shape index (κ1) is 13.5. The largest absolute Gasteiger partial charge is 0.309 e. The summed E-state index contributed by atoms with van der Waals surface area (Å²) in [5.74, 6) is -0.261. The van der Waals surface area contributed by atoms with Gasteiger partial charge in [0.2, 0.25) is 0 Å². The van der Waals surface area contributed by atoms with Gasteiger partial charge in [0.05, 0.1) is 17.2 Å². The van der Waals surface area contributed by atoms with Gasteiger partial charge in [-0.15, -0.1) is 11.3 Å². The van der Waals surface area contributed by atoms with Crippen LogP contribution in [0.2, 0.25) is 5.02 Å². The molecule has 96 valence electrons. The lowest BCUT2D eigenvalue weighted by molar-refractivity contribution is 0.536. The highest BCUT2D eigenvalue weighted by Gasteiger charge is 2.15. The Kier molecular flexibility index (Phi) is 4.69. The predicted molar refractivity (Wildman–Crippen MR) is 73.6 cm³/mol. The van der Waals surface area contributed by atoms with Crippen LogP contribution >= 0.6 is 22.9 Å². The maximum atomic E-state index is 13.2. The molecule has 2 rings (SSSR count). The molecule has 1 aromatic carbocycles. The zero-order valence-electron chi connectivity index (χ0n) is 9.99. The Balaban J connectivity index is 2.21. The summed E-state index contributed by atoms with van der Waals surface area (Å²) in [5.41, 5.74) is 3.57. The second-order valence-electron chi connectivity index (χ2n) is 3.96. The topological polar surface area (TPSA) is 24.9 Å². The summed E-state index contributed by atoms with van der Waals surface area (Å²) in [4.78, 5) is 4.30. The lowest BCUT2D eigenvalue weighted by Gasteiger charge is -2.16. The van der Waals surface area contributed by atoms with Gasteiger partial charge in [0, 0.05) is 10.4 Å². The van der Waals surface area contributed by atoms with E-state index >= 15 is 0 Å². The van der Waals surface area contributed by atoms with E-state index in [1.807, 2.05) is 12.3 Å². The van der Waals surface area contributed by atoms with Crippen molar-refractivity contribution < 1.29 is 4.39 Å². The van der Waals surface area contributed by atoms with Crippen LogP contribution in [0.15, 0.2) is 29.1 Å². The highest BCUT2D eigenvalue weighted by Crippen LogP contribution is 2.24. The predicted octanol–water partition coefficient (Wildman–Crippen LogP) is 3.83. The fraction of sp³-hybridized carbons (Fsp3) is 0.308. The summed E-state index contributed by atoms with van der Waals surface area (Å²) in [5, 5.41) is 5.94. The summed E-state index contributed by atoms with van der Waals surface area (Å²) in [7, 11) is 0. The van der Waals surface area contributed by atoms with E-state index in [9.17, 15) is 4.39 Å². The van der Waals surface area contributed by atoms with Crippen molar-refractivity contribution >= 4 is 22.9 Å². The maximum absolute atomic E-state index is 13.2. The highest BCUT2D eigenvalue weighted by molar-refractivity contribution is 7.07. The van der Waals surface area contributed by atoms with Gasteiger partial charge in [0.1, 0.15) is 5.82 Å². The number of nitrogens with zero attached hydrogens (tertiary/aromatic N) is 1. The lowest BCUT2D eigenvalue weighted by atomic mass is 10.0. The number of halogens is 2. The van der Waals surface area contributed by atoms with Crippen molar-refractivity contribution in [1.82, 2.24) is 10.3 Å². The van der Waals surface area contributed by atoms with Gasteiger partial charge < -0.3 is 5.32 Å². The first-order valence-corrected chi connectivity index (χ1v) is 7.08. The molecule has 0 bridgehead atoms. The molecule has 18 heavy (non-hydrogen) atoms. The third kappa shape index (κ3) is 3.28. The lowest BCUT2D eigenvalue weighted by Crippen LogP contribution is -2.23. The molecule has 0 aliphatic rings. The second kappa shape index (κ2) is 6.27. The fourth-order valence-electron chi connectivity index (χ4n) is 1.84. The molecule has 5 heteroatoms. The van der Waals surface area contributed by atoms with Gasteiger partial charge in [-0.05, 0) is 36.7 Å². The SMILES string of the molecule is CCNC(Cc1cc(F)ccc1Cl)c1cscn1. The van der Waals surface area contributed by atoms with Gasteiger partial charge in [-0.1, -0.05) is 18.5 Å². The molecule has 1 atom stereocenters. The molecule has 1 N–H and O–H groups in total. The molecule has 2 nitrogen and oxygen atoms in total. The monoisotopic (exact) mass is 284 g/mol. The third-order valence-electron chi connectivity index (χ3n) is 2.69. The summed E-state index contributed by atoms with van der Waals surface area (Å²) >= 11 is 7.64. The zero-order valence-corrected chi connectivity index (χ0v) is 11.6. The van der Waals surface area contributed by atoms with Crippen LogP contribution in [0.3, 0.4) is 0 Å². The molecule has 0 spiro atoms. The molecule has 0 aliphatic heterocycles. The van der Waals surface area contributed by atoms with Crippen LogP contribution in [0, 0.1) is 5.82 Å². The number of likely N-dealkylation sites (N-methyl/N-ethyl adjacent to an activating group) is 1. The van der Waals surface area contributed by atoms with Crippen LogP contribution in [0.5, 0.6) is 0 Å². The third-order valence-corrected chi connectivity index (χ3v) is 3.66. The second-order valence-corrected chi connectivity index (χ2v) is 5.09. The molecule has 0 radical (unpaired) electrons. The first-order valence-electron chi connectivity index (χ1n) is 5.76.